The summed E-state index contributed by atoms with van der Waals surface area (Å²) in [5, 5.41) is 11.9. The van der Waals surface area contributed by atoms with Crippen molar-refractivity contribution in [2.75, 3.05) is 12.4 Å². The van der Waals surface area contributed by atoms with Gasteiger partial charge in [0.05, 0.1) is 25.2 Å². The number of hydrogen-bond donors (Lipinski definition) is 2. The second kappa shape index (κ2) is 8.19. The van der Waals surface area contributed by atoms with Crippen LogP contribution in [0.1, 0.15) is 29.8 Å². The molecule has 0 aliphatic carbocycles. The van der Waals surface area contributed by atoms with Gasteiger partial charge in [0.15, 0.2) is 11.5 Å². The lowest BCUT2D eigenvalue weighted by atomic mass is 10.0. The summed E-state index contributed by atoms with van der Waals surface area (Å²) < 4.78 is 10.9. The van der Waals surface area contributed by atoms with Crippen LogP contribution in [0.2, 0.25) is 0 Å². The lowest BCUT2D eigenvalue weighted by molar-refractivity contribution is -0.115. The Hall–Kier alpha value is -3.02. The van der Waals surface area contributed by atoms with Crippen molar-refractivity contribution in [3.05, 3.63) is 53.6 Å². The first-order chi connectivity index (χ1) is 11.9. The Morgan fingerprint density at radius 3 is 2.48 bits per heavy atom. The first-order valence-corrected chi connectivity index (χ1v) is 7.86. The fourth-order valence-corrected chi connectivity index (χ4v) is 2.36. The number of aromatic carboxylic acids is 1. The van der Waals surface area contributed by atoms with Crippen LogP contribution >= 0.6 is 0 Å². The summed E-state index contributed by atoms with van der Waals surface area (Å²) in [5.74, 6) is -0.265. The number of carboxylic acids is 1. The van der Waals surface area contributed by atoms with Crippen LogP contribution in [-0.2, 0) is 11.2 Å². The number of methoxy groups -OCH3 is 1. The average molecular weight is 343 g/mol. The van der Waals surface area contributed by atoms with Crippen molar-refractivity contribution < 1.29 is 24.2 Å². The molecular weight excluding hydrogens is 322 g/mol. The first-order valence-electron chi connectivity index (χ1n) is 7.86. The van der Waals surface area contributed by atoms with Gasteiger partial charge in [-0.15, -0.1) is 0 Å². The zero-order valence-corrected chi connectivity index (χ0v) is 14.4. The number of carbonyl (C=O) groups is 2. The van der Waals surface area contributed by atoms with Gasteiger partial charge in [-0.3, -0.25) is 4.79 Å². The maximum Gasteiger partial charge on any atom is 0.335 e. The van der Waals surface area contributed by atoms with E-state index in [1.54, 1.807) is 43.5 Å². The molecule has 0 atom stereocenters. The van der Waals surface area contributed by atoms with Gasteiger partial charge in [-0.05, 0) is 37.6 Å². The van der Waals surface area contributed by atoms with Crippen LogP contribution < -0.4 is 14.8 Å². The number of ether oxygens (including phenoxy) is 2. The van der Waals surface area contributed by atoms with Gasteiger partial charge >= 0.3 is 5.97 Å². The smallest absolute Gasteiger partial charge is 0.335 e. The number of carboxylic acid groups (broad SMARTS) is 1. The highest BCUT2D eigenvalue weighted by atomic mass is 16.5. The summed E-state index contributed by atoms with van der Waals surface area (Å²) in [5.41, 5.74) is 1.13. The monoisotopic (exact) mass is 343 g/mol. The van der Waals surface area contributed by atoms with E-state index in [4.69, 9.17) is 9.47 Å². The highest BCUT2D eigenvalue weighted by molar-refractivity contribution is 5.96. The molecule has 0 radical (unpaired) electrons. The summed E-state index contributed by atoms with van der Waals surface area (Å²) >= 11 is 0. The van der Waals surface area contributed by atoms with Gasteiger partial charge in [0.1, 0.15) is 0 Å². The summed E-state index contributed by atoms with van der Waals surface area (Å²) in [6, 6.07) is 11.5. The molecule has 0 saturated heterocycles. The van der Waals surface area contributed by atoms with Crippen LogP contribution in [-0.4, -0.2) is 30.2 Å². The molecule has 132 valence electrons. The minimum absolute atomic E-state index is 0.0329. The highest BCUT2D eigenvalue weighted by Crippen LogP contribution is 2.31. The molecule has 0 fully saturated rings. The van der Waals surface area contributed by atoms with Gasteiger partial charge in [0.2, 0.25) is 5.91 Å². The van der Waals surface area contributed by atoms with E-state index in [-0.39, 0.29) is 24.0 Å². The lowest BCUT2D eigenvalue weighted by Gasteiger charge is -2.15. The number of hydrogen-bond acceptors (Lipinski definition) is 4. The molecule has 0 saturated carbocycles. The van der Waals surface area contributed by atoms with Crippen molar-refractivity contribution in [2.45, 2.75) is 26.4 Å². The molecule has 2 aromatic rings. The Kier molecular flexibility index (Phi) is 6.00. The maximum absolute atomic E-state index is 12.3. The van der Waals surface area contributed by atoms with Crippen molar-refractivity contribution in [3.8, 4) is 11.5 Å². The predicted octanol–water partition coefficient (Wildman–Crippen LogP) is 3.36. The van der Waals surface area contributed by atoms with E-state index in [2.05, 4.69) is 5.32 Å². The van der Waals surface area contributed by atoms with Crippen LogP contribution in [0.5, 0.6) is 11.5 Å². The summed E-state index contributed by atoms with van der Waals surface area (Å²) in [6.45, 7) is 3.79. The number of carbonyl (C=O) groups excluding carboxylic acids is 1. The van der Waals surface area contributed by atoms with E-state index in [1.807, 2.05) is 13.8 Å². The number of anilines is 1. The zero-order chi connectivity index (χ0) is 18.4. The minimum Gasteiger partial charge on any atom is -0.493 e. The minimum atomic E-state index is -1.06. The number of amides is 1. The van der Waals surface area contributed by atoms with Gasteiger partial charge < -0.3 is 19.9 Å². The molecule has 6 heteroatoms. The Morgan fingerprint density at radius 1 is 1.12 bits per heavy atom. The molecule has 0 aliphatic rings. The van der Waals surface area contributed by atoms with E-state index >= 15 is 0 Å². The summed E-state index contributed by atoms with van der Waals surface area (Å²) in [6.07, 6.45) is -0.0724. The largest absolute Gasteiger partial charge is 0.493 e. The average Bonchev–Trinajstić information content (AvgIpc) is 2.54. The SMILES string of the molecule is COc1ccc(NC(=O)Cc2ccccc2C(=O)O)cc1OC(C)C. The Morgan fingerprint density at radius 2 is 1.84 bits per heavy atom. The van der Waals surface area contributed by atoms with E-state index < -0.39 is 5.97 Å². The van der Waals surface area contributed by atoms with Gasteiger partial charge in [0, 0.05) is 11.8 Å². The maximum atomic E-state index is 12.3. The van der Waals surface area contributed by atoms with Crippen molar-refractivity contribution in [1.29, 1.82) is 0 Å². The normalized spacial score (nSPS) is 10.4. The standard InChI is InChI=1S/C19H21NO5/c1-12(2)25-17-11-14(8-9-16(17)24-3)20-18(21)10-13-6-4-5-7-15(13)19(22)23/h4-9,11-12H,10H2,1-3H3,(H,20,21)(H,22,23). The molecule has 0 bridgehead atoms. The molecule has 0 unspecified atom stereocenters. The molecule has 2 rings (SSSR count). The second-order valence-electron chi connectivity index (χ2n) is 5.72. The highest BCUT2D eigenvalue weighted by Gasteiger charge is 2.14. The first kappa shape index (κ1) is 18.3. The molecule has 0 aliphatic heterocycles. The number of nitrogens with one attached hydrogen (secondary N) is 1. The van der Waals surface area contributed by atoms with E-state index in [0.29, 0.717) is 22.7 Å². The van der Waals surface area contributed by atoms with Crippen molar-refractivity contribution in [2.24, 2.45) is 0 Å². The Labute approximate surface area is 146 Å². The van der Waals surface area contributed by atoms with E-state index in [1.165, 1.54) is 6.07 Å². The lowest BCUT2D eigenvalue weighted by Crippen LogP contribution is -2.16. The van der Waals surface area contributed by atoms with Gasteiger partial charge in [-0.1, -0.05) is 18.2 Å². The topological polar surface area (TPSA) is 84.9 Å². The quantitative estimate of drug-likeness (QED) is 0.805. The van der Waals surface area contributed by atoms with Gasteiger partial charge in [-0.25, -0.2) is 4.79 Å². The molecule has 1 amide bonds. The van der Waals surface area contributed by atoms with Crippen molar-refractivity contribution in [3.63, 3.8) is 0 Å². The van der Waals surface area contributed by atoms with Gasteiger partial charge in [-0.2, -0.15) is 0 Å². The molecule has 25 heavy (non-hydrogen) atoms. The van der Waals surface area contributed by atoms with Crippen molar-refractivity contribution >= 4 is 17.6 Å². The Bertz CT molecular complexity index is 770. The molecular formula is C19H21NO5. The molecule has 0 aromatic heterocycles. The predicted molar refractivity (Wildman–Crippen MR) is 94.5 cm³/mol. The van der Waals surface area contributed by atoms with E-state index in [9.17, 15) is 14.7 Å². The van der Waals surface area contributed by atoms with Crippen LogP contribution in [0.3, 0.4) is 0 Å². The van der Waals surface area contributed by atoms with Crippen LogP contribution in [0, 0.1) is 0 Å². The fourth-order valence-electron chi connectivity index (χ4n) is 2.36. The molecule has 0 spiro atoms. The zero-order valence-electron chi connectivity index (χ0n) is 14.4. The molecule has 0 heterocycles. The molecule has 2 N–H and O–H groups in total. The number of benzene rings is 2. The van der Waals surface area contributed by atoms with Crippen LogP contribution in [0.4, 0.5) is 5.69 Å². The van der Waals surface area contributed by atoms with E-state index in [0.717, 1.165) is 0 Å². The number of rotatable bonds is 7. The molecule has 6 nitrogen and oxygen atoms in total. The third-order valence-electron chi connectivity index (χ3n) is 3.41. The fraction of sp³-hybridized carbons (Fsp3) is 0.263. The van der Waals surface area contributed by atoms with Crippen LogP contribution in [0.25, 0.3) is 0 Å². The third-order valence-corrected chi connectivity index (χ3v) is 3.41. The molecule has 2 aromatic carbocycles. The summed E-state index contributed by atoms with van der Waals surface area (Å²) in [7, 11) is 1.55. The van der Waals surface area contributed by atoms with Crippen LogP contribution in [0.15, 0.2) is 42.5 Å². The third kappa shape index (κ3) is 4.97. The summed E-state index contributed by atoms with van der Waals surface area (Å²) in [4.78, 5) is 23.5. The second-order valence-corrected chi connectivity index (χ2v) is 5.72. The Balaban J connectivity index is 2.14. The van der Waals surface area contributed by atoms with Crippen molar-refractivity contribution in [1.82, 2.24) is 0 Å². The van der Waals surface area contributed by atoms with Gasteiger partial charge in [0.25, 0.3) is 0 Å².